The van der Waals surface area contributed by atoms with Gasteiger partial charge in [0.1, 0.15) is 5.01 Å². The predicted octanol–water partition coefficient (Wildman–Crippen LogP) is 3.96. The third-order valence-corrected chi connectivity index (χ3v) is 6.74. The SMILES string of the molecule is CCN1CCN(c2ccc(-c3nn4cc(-c5ccc(C(=O)O)cc5)nc4s3)cc2)CC1. The number of rotatable bonds is 5. The molecule has 0 unspecified atom stereocenters. The van der Waals surface area contributed by atoms with Gasteiger partial charge < -0.3 is 14.9 Å². The molecule has 1 fully saturated rings. The van der Waals surface area contributed by atoms with E-state index in [1.807, 2.05) is 6.20 Å². The molecule has 1 saturated heterocycles. The highest BCUT2D eigenvalue weighted by atomic mass is 32.1. The van der Waals surface area contributed by atoms with E-state index >= 15 is 0 Å². The lowest BCUT2D eigenvalue weighted by molar-refractivity contribution is 0.0697. The van der Waals surface area contributed by atoms with Crippen LogP contribution >= 0.6 is 11.3 Å². The summed E-state index contributed by atoms with van der Waals surface area (Å²) in [5, 5.41) is 14.7. The first-order valence-electron chi connectivity index (χ1n) is 10.4. The van der Waals surface area contributed by atoms with E-state index in [9.17, 15) is 4.79 Å². The van der Waals surface area contributed by atoms with E-state index in [1.54, 1.807) is 40.1 Å². The Labute approximate surface area is 184 Å². The summed E-state index contributed by atoms with van der Waals surface area (Å²) in [6.07, 6.45) is 1.88. The predicted molar refractivity (Wildman–Crippen MR) is 123 cm³/mol. The van der Waals surface area contributed by atoms with Crippen LogP contribution < -0.4 is 4.90 Å². The van der Waals surface area contributed by atoms with Crippen LogP contribution in [0.2, 0.25) is 0 Å². The highest BCUT2D eigenvalue weighted by molar-refractivity contribution is 7.19. The average molecular weight is 434 g/mol. The lowest BCUT2D eigenvalue weighted by Crippen LogP contribution is -2.46. The van der Waals surface area contributed by atoms with Crippen LogP contribution in [-0.2, 0) is 0 Å². The van der Waals surface area contributed by atoms with Crippen molar-refractivity contribution < 1.29 is 9.90 Å². The Hall–Kier alpha value is -3.23. The van der Waals surface area contributed by atoms with Gasteiger partial charge in [-0.05, 0) is 42.9 Å². The van der Waals surface area contributed by atoms with Crippen LogP contribution in [0.25, 0.3) is 26.8 Å². The van der Waals surface area contributed by atoms with Gasteiger partial charge in [-0.3, -0.25) is 0 Å². The highest BCUT2D eigenvalue weighted by Gasteiger charge is 2.16. The first kappa shape index (κ1) is 19.7. The van der Waals surface area contributed by atoms with Gasteiger partial charge in [0.2, 0.25) is 4.96 Å². The van der Waals surface area contributed by atoms with Gasteiger partial charge in [0.25, 0.3) is 0 Å². The molecule has 0 radical (unpaired) electrons. The third-order valence-electron chi connectivity index (χ3n) is 5.77. The summed E-state index contributed by atoms with van der Waals surface area (Å²) in [6, 6.07) is 15.3. The van der Waals surface area contributed by atoms with Crippen molar-refractivity contribution in [1.29, 1.82) is 0 Å². The van der Waals surface area contributed by atoms with Crippen LogP contribution in [0.15, 0.2) is 54.7 Å². The number of likely N-dealkylation sites (N-methyl/N-ethyl adjacent to an activating group) is 1. The Kier molecular flexibility index (Phi) is 5.17. The van der Waals surface area contributed by atoms with Gasteiger partial charge in [-0.15, -0.1) is 0 Å². The van der Waals surface area contributed by atoms with Crippen molar-refractivity contribution in [2.75, 3.05) is 37.6 Å². The molecule has 0 saturated carbocycles. The van der Waals surface area contributed by atoms with E-state index in [2.05, 4.69) is 46.0 Å². The molecule has 8 heteroatoms. The van der Waals surface area contributed by atoms with Crippen LogP contribution in [-0.4, -0.2) is 63.3 Å². The number of carbonyl (C=O) groups is 1. The van der Waals surface area contributed by atoms with E-state index < -0.39 is 5.97 Å². The molecule has 31 heavy (non-hydrogen) atoms. The molecule has 1 aliphatic rings. The molecular formula is C23H23N5O2S. The number of carboxylic acid groups (broad SMARTS) is 1. The molecule has 3 heterocycles. The van der Waals surface area contributed by atoms with Gasteiger partial charge in [0.05, 0.1) is 17.5 Å². The van der Waals surface area contributed by atoms with Crippen LogP contribution in [0.5, 0.6) is 0 Å². The maximum atomic E-state index is 11.0. The lowest BCUT2D eigenvalue weighted by Gasteiger charge is -2.35. The second-order valence-corrected chi connectivity index (χ2v) is 8.57. The van der Waals surface area contributed by atoms with Gasteiger partial charge in [0.15, 0.2) is 0 Å². The summed E-state index contributed by atoms with van der Waals surface area (Å²) in [7, 11) is 0. The monoisotopic (exact) mass is 433 g/mol. The summed E-state index contributed by atoms with van der Waals surface area (Å²) in [5.74, 6) is -0.932. The van der Waals surface area contributed by atoms with E-state index in [0.717, 1.165) is 59.5 Å². The molecule has 4 aromatic rings. The zero-order valence-electron chi connectivity index (χ0n) is 17.2. The van der Waals surface area contributed by atoms with Crippen LogP contribution in [0.4, 0.5) is 5.69 Å². The number of aromatic nitrogens is 3. The highest BCUT2D eigenvalue weighted by Crippen LogP contribution is 2.29. The minimum atomic E-state index is -0.932. The van der Waals surface area contributed by atoms with Crippen molar-refractivity contribution in [2.24, 2.45) is 0 Å². The number of benzene rings is 2. The van der Waals surface area contributed by atoms with Crippen LogP contribution in [0, 0.1) is 0 Å². The van der Waals surface area contributed by atoms with E-state index in [4.69, 9.17) is 10.2 Å². The van der Waals surface area contributed by atoms with Gasteiger partial charge in [-0.1, -0.05) is 30.4 Å². The zero-order chi connectivity index (χ0) is 21.4. The molecule has 7 nitrogen and oxygen atoms in total. The molecular weight excluding hydrogens is 410 g/mol. The van der Waals surface area contributed by atoms with Crippen molar-refractivity contribution in [1.82, 2.24) is 19.5 Å². The van der Waals surface area contributed by atoms with E-state index in [-0.39, 0.29) is 5.56 Å². The van der Waals surface area contributed by atoms with Crippen LogP contribution in [0.1, 0.15) is 17.3 Å². The van der Waals surface area contributed by atoms with Crippen molar-refractivity contribution >= 4 is 28.0 Å². The van der Waals surface area contributed by atoms with Crippen molar-refractivity contribution in [3.8, 4) is 21.8 Å². The standard InChI is InChI=1S/C23H23N5O2S/c1-2-26-11-13-27(14-12-26)19-9-7-17(8-10-19)21-25-28-15-20(24-23(28)31-21)16-3-5-18(6-4-16)22(29)30/h3-10,15H,2,11-14H2,1H3,(H,29,30). The topological polar surface area (TPSA) is 74.0 Å². The molecule has 5 rings (SSSR count). The van der Waals surface area contributed by atoms with Gasteiger partial charge in [0, 0.05) is 43.0 Å². The second-order valence-electron chi connectivity index (χ2n) is 7.61. The summed E-state index contributed by atoms with van der Waals surface area (Å²) in [5.41, 5.74) is 4.26. The normalized spacial score (nSPS) is 14.9. The molecule has 1 N–H and O–H groups in total. The fourth-order valence-electron chi connectivity index (χ4n) is 3.88. The molecule has 1 aliphatic heterocycles. The average Bonchev–Trinajstić information content (AvgIpc) is 3.39. The maximum absolute atomic E-state index is 11.0. The fourth-order valence-corrected chi connectivity index (χ4v) is 4.76. The molecule has 0 aliphatic carbocycles. The molecule has 0 spiro atoms. The van der Waals surface area contributed by atoms with Gasteiger partial charge in [-0.25, -0.2) is 14.3 Å². The second kappa shape index (κ2) is 8.13. The van der Waals surface area contributed by atoms with Crippen molar-refractivity contribution in [3.05, 3.63) is 60.3 Å². The van der Waals surface area contributed by atoms with Crippen molar-refractivity contribution in [3.63, 3.8) is 0 Å². The number of nitrogens with zero attached hydrogens (tertiary/aromatic N) is 5. The number of hydrogen-bond acceptors (Lipinski definition) is 6. The third kappa shape index (κ3) is 3.92. The number of anilines is 1. The number of aromatic carboxylic acids is 1. The molecule has 0 bridgehead atoms. The Bertz CT molecular complexity index is 1170. The summed E-state index contributed by atoms with van der Waals surface area (Å²) in [4.78, 5) is 21.4. The number of imidazole rings is 1. The molecule has 158 valence electrons. The largest absolute Gasteiger partial charge is 0.478 e. The Balaban J connectivity index is 1.33. The lowest BCUT2D eigenvalue weighted by atomic mass is 10.1. The van der Waals surface area contributed by atoms with Crippen molar-refractivity contribution in [2.45, 2.75) is 6.92 Å². The number of carboxylic acids is 1. The number of fused-ring (bicyclic) bond motifs is 1. The first-order chi connectivity index (χ1) is 15.1. The van der Waals surface area contributed by atoms with Gasteiger partial charge in [-0.2, -0.15) is 5.10 Å². The summed E-state index contributed by atoms with van der Waals surface area (Å²) in [6.45, 7) is 7.69. The Morgan fingerprint density at radius 3 is 2.29 bits per heavy atom. The van der Waals surface area contributed by atoms with E-state index in [1.165, 1.54) is 5.69 Å². The maximum Gasteiger partial charge on any atom is 0.335 e. The summed E-state index contributed by atoms with van der Waals surface area (Å²) >= 11 is 1.54. The molecule has 0 amide bonds. The zero-order valence-corrected chi connectivity index (χ0v) is 18.0. The smallest absolute Gasteiger partial charge is 0.335 e. The van der Waals surface area contributed by atoms with E-state index in [0.29, 0.717) is 0 Å². The minimum Gasteiger partial charge on any atom is -0.478 e. The van der Waals surface area contributed by atoms with Crippen LogP contribution in [0.3, 0.4) is 0 Å². The number of hydrogen-bond donors (Lipinski definition) is 1. The number of piperazine rings is 1. The van der Waals surface area contributed by atoms with Gasteiger partial charge >= 0.3 is 5.97 Å². The Morgan fingerprint density at radius 2 is 1.68 bits per heavy atom. The molecule has 2 aromatic heterocycles. The molecule has 2 aromatic carbocycles. The fraction of sp³-hybridized carbons (Fsp3) is 0.261. The minimum absolute atomic E-state index is 0.265. The Morgan fingerprint density at radius 1 is 1.00 bits per heavy atom. The first-order valence-corrected chi connectivity index (χ1v) is 11.2. The molecule has 0 atom stereocenters. The quantitative estimate of drug-likeness (QED) is 0.514. The summed E-state index contributed by atoms with van der Waals surface area (Å²) < 4.78 is 1.79.